The molecule has 7 nitrogen and oxygen atoms in total. The van der Waals surface area contributed by atoms with E-state index in [0.29, 0.717) is 33.3 Å². The number of hydrogen-bond donors (Lipinski definition) is 3. The van der Waals surface area contributed by atoms with Crippen LogP contribution >= 0.6 is 0 Å². The predicted octanol–water partition coefficient (Wildman–Crippen LogP) is 4.78. The third-order valence-corrected chi connectivity index (χ3v) is 6.27. The largest absolute Gasteiger partial charge is 0.507 e. The van der Waals surface area contributed by atoms with Gasteiger partial charge in [0.2, 0.25) is 0 Å². The highest BCUT2D eigenvalue weighted by molar-refractivity contribution is 6.22. The monoisotopic (exact) mass is 443 g/mol. The topological polar surface area (TPSA) is 131 Å². The first-order chi connectivity index (χ1) is 16.5. The van der Waals surface area contributed by atoms with E-state index >= 15 is 0 Å². The molecule has 2 aromatic heterocycles. The van der Waals surface area contributed by atoms with E-state index in [1.807, 2.05) is 60.7 Å². The van der Waals surface area contributed by atoms with Crippen molar-refractivity contribution in [3.05, 3.63) is 83.9 Å². The van der Waals surface area contributed by atoms with E-state index in [1.54, 1.807) is 18.2 Å². The molecule has 162 valence electrons. The Morgan fingerprint density at radius 3 is 2.32 bits per heavy atom. The van der Waals surface area contributed by atoms with E-state index in [9.17, 15) is 15.2 Å². The lowest BCUT2D eigenvalue weighted by Gasteiger charge is -2.12. The molecule has 0 radical (unpaired) electrons. The number of aromatic nitrogens is 2. The molecule has 0 spiro atoms. The highest BCUT2D eigenvalue weighted by Gasteiger charge is 2.36. The van der Waals surface area contributed by atoms with Crippen LogP contribution in [0.15, 0.2) is 72.8 Å². The van der Waals surface area contributed by atoms with Gasteiger partial charge in [0, 0.05) is 22.3 Å². The number of pyridine rings is 1. The number of phenolic OH excluding ortho intramolecular Hbond substituents is 1. The van der Waals surface area contributed by atoms with Crippen molar-refractivity contribution in [3.8, 4) is 45.3 Å². The number of rotatable bonds is 2. The molecule has 5 N–H and O–H groups in total. The quantitative estimate of drug-likeness (QED) is 0.353. The van der Waals surface area contributed by atoms with Crippen LogP contribution < -0.4 is 11.5 Å². The van der Waals surface area contributed by atoms with Gasteiger partial charge in [-0.3, -0.25) is 9.36 Å². The number of nitrogen functional groups attached to an aromatic ring is 2. The van der Waals surface area contributed by atoms with Crippen molar-refractivity contribution in [2.45, 2.75) is 0 Å². The molecule has 34 heavy (non-hydrogen) atoms. The standard InChI is InChI=1S/C27H17N5O2/c28-13-19-23(29)22-21(18-12-15(10-11-20(18)33)14-6-2-1-3-7-14)24-16-8-4-5-9-17(16)27(34)32(24)26(22)31-25(19)30/h1-12,33H,(H4,29,30,31). The molecule has 0 saturated carbocycles. The number of hydrogen-bond acceptors (Lipinski definition) is 6. The molecule has 0 atom stereocenters. The van der Waals surface area contributed by atoms with E-state index in [0.717, 1.165) is 11.1 Å². The van der Waals surface area contributed by atoms with Gasteiger partial charge in [-0.15, -0.1) is 0 Å². The molecule has 5 aromatic rings. The van der Waals surface area contributed by atoms with Gasteiger partial charge in [0.05, 0.1) is 16.8 Å². The molecular formula is C27H17N5O2. The van der Waals surface area contributed by atoms with Gasteiger partial charge in [0.1, 0.15) is 23.2 Å². The Balaban J connectivity index is 1.79. The van der Waals surface area contributed by atoms with Crippen LogP contribution in [0.5, 0.6) is 5.75 Å². The lowest BCUT2D eigenvalue weighted by molar-refractivity contribution is 0.0973. The zero-order chi connectivity index (χ0) is 23.6. The molecular weight excluding hydrogens is 426 g/mol. The molecule has 0 aliphatic carbocycles. The molecule has 1 aliphatic heterocycles. The number of anilines is 2. The fourth-order valence-corrected chi connectivity index (χ4v) is 4.73. The predicted molar refractivity (Wildman–Crippen MR) is 131 cm³/mol. The number of carbonyl (C=O) groups is 1. The molecule has 0 fully saturated rings. The van der Waals surface area contributed by atoms with Crippen LogP contribution in [0, 0.1) is 11.3 Å². The normalized spacial score (nSPS) is 11.9. The van der Waals surface area contributed by atoms with E-state index in [4.69, 9.17) is 11.5 Å². The summed E-state index contributed by atoms with van der Waals surface area (Å²) in [5.74, 6) is -0.302. The average Bonchev–Trinajstić information content (AvgIpc) is 3.34. The van der Waals surface area contributed by atoms with E-state index in [1.165, 1.54) is 4.57 Å². The zero-order valence-electron chi connectivity index (χ0n) is 17.8. The Labute approximate surface area is 194 Å². The van der Waals surface area contributed by atoms with Crippen molar-refractivity contribution in [2.24, 2.45) is 0 Å². The van der Waals surface area contributed by atoms with Crippen LogP contribution in [-0.2, 0) is 0 Å². The number of aromatic hydroxyl groups is 1. The second-order valence-electron chi connectivity index (χ2n) is 8.10. The number of nitrogens with zero attached hydrogens (tertiary/aromatic N) is 3. The van der Waals surface area contributed by atoms with Gasteiger partial charge in [-0.1, -0.05) is 54.6 Å². The van der Waals surface area contributed by atoms with Crippen molar-refractivity contribution in [1.82, 2.24) is 9.55 Å². The van der Waals surface area contributed by atoms with Crippen molar-refractivity contribution in [1.29, 1.82) is 5.26 Å². The van der Waals surface area contributed by atoms with Gasteiger partial charge in [-0.05, 0) is 29.3 Å². The molecule has 0 saturated heterocycles. The second-order valence-corrected chi connectivity index (χ2v) is 8.10. The van der Waals surface area contributed by atoms with Gasteiger partial charge < -0.3 is 16.6 Å². The van der Waals surface area contributed by atoms with E-state index < -0.39 is 0 Å². The minimum atomic E-state index is -0.267. The summed E-state index contributed by atoms with van der Waals surface area (Å²) in [5.41, 5.74) is 17.5. The Bertz CT molecular complexity index is 1710. The molecule has 3 heterocycles. The molecule has 6 rings (SSSR count). The zero-order valence-corrected chi connectivity index (χ0v) is 17.8. The molecule has 0 bridgehead atoms. The van der Waals surface area contributed by atoms with Crippen LogP contribution in [-0.4, -0.2) is 20.6 Å². The number of nitrogens with two attached hydrogens (primary N) is 2. The summed E-state index contributed by atoms with van der Waals surface area (Å²) in [6, 6.07) is 24.3. The maximum absolute atomic E-state index is 13.4. The maximum Gasteiger partial charge on any atom is 0.264 e. The number of benzene rings is 3. The lowest BCUT2D eigenvalue weighted by atomic mass is 9.93. The van der Waals surface area contributed by atoms with Crippen molar-refractivity contribution < 1.29 is 9.90 Å². The Morgan fingerprint density at radius 2 is 1.59 bits per heavy atom. The minimum absolute atomic E-state index is 0.0153. The summed E-state index contributed by atoms with van der Waals surface area (Å²) in [5, 5.41) is 21.0. The van der Waals surface area contributed by atoms with Crippen LogP contribution in [0.2, 0.25) is 0 Å². The van der Waals surface area contributed by atoms with Crippen LogP contribution in [0.4, 0.5) is 11.5 Å². The molecule has 0 amide bonds. The summed E-state index contributed by atoms with van der Waals surface area (Å²) in [4.78, 5) is 17.8. The first-order valence-electron chi connectivity index (χ1n) is 10.6. The highest BCUT2D eigenvalue weighted by atomic mass is 16.3. The lowest BCUT2D eigenvalue weighted by Crippen LogP contribution is -2.09. The van der Waals surface area contributed by atoms with Gasteiger partial charge in [0.25, 0.3) is 5.91 Å². The SMILES string of the molecule is N#Cc1c(N)nc2c(c1N)c(-c1cc(-c3ccccc3)ccc1O)c1n2C(=O)c2ccccc2-1. The van der Waals surface area contributed by atoms with Gasteiger partial charge in [-0.2, -0.15) is 5.26 Å². The number of phenols is 1. The first-order valence-corrected chi connectivity index (χ1v) is 10.6. The van der Waals surface area contributed by atoms with Crippen LogP contribution in [0.1, 0.15) is 15.9 Å². The fraction of sp³-hybridized carbons (Fsp3) is 0. The van der Waals surface area contributed by atoms with Crippen molar-refractivity contribution in [2.75, 3.05) is 11.5 Å². The summed E-state index contributed by atoms with van der Waals surface area (Å²) in [7, 11) is 0. The van der Waals surface area contributed by atoms with E-state index in [-0.39, 0.29) is 34.4 Å². The van der Waals surface area contributed by atoms with Gasteiger partial charge >= 0.3 is 0 Å². The Hall–Kier alpha value is -5.09. The first kappa shape index (κ1) is 19.6. The fourth-order valence-electron chi connectivity index (χ4n) is 4.73. The Morgan fingerprint density at radius 1 is 0.882 bits per heavy atom. The molecule has 7 heteroatoms. The summed E-state index contributed by atoms with van der Waals surface area (Å²) in [6.07, 6.45) is 0. The average molecular weight is 443 g/mol. The minimum Gasteiger partial charge on any atom is -0.507 e. The van der Waals surface area contributed by atoms with E-state index in [2.05, 4.69) is 4.98 Å². The summed E-state index contributed by atoms with van der Waals surface area (Å²) >= 11 is 0. The number of nitriles is 1. The number of carbonyl (C=O) groups excluding carboxylic acids is 1. The van der Waals surface area contributed by atoms with Crippen LogP contribution in [0.25, 0.3) is 44.5 Å². The summed E-state index contributed by atoms with van der Waals surface area (Å²) < 4.78 is 1.47. The highest BCUT2D eigenvalue weighted by Crippen LogP contribution is 2.50. The molecule has 3 aromatic carbocycles. The Kier molecular flexibility index (Phi) is 4.01. The van der Waals surface area contributed by atoms with Crippen molar-refractivity contribution >= 4 is 28.4 Å². The van der Waals surface area contributed by atoms with Gasteiger partial charge in [-0.25, -0.2) is 4.98 Å². The summed E-state index contributed by atoms with van der Waals surface area (Å²) in [6.45, 7) is 0. The molecule has 1 aliphatic rings. The number of fused-ring (bicyclic) bond motifs is 5. The van der Waals surface area contributed by atoms with Crippen LogP contribution in [0.3, 0.4) is 0 Å². The van der Waals surface area contributed by atoms with Gasteiger partial charge in [0.15, 0.2) is 5.65 Å². The van der Waals surface area contributed by atoms with Crippen molar-refractivity contribution in [3.63, 3.8) is 0 Å². The third-order valence-electron chi connectivity index (χ3n) is 6.27. The molecule has 0 unspecified atom stereocenters. The maximum atomic E-state index is 13.4. The second kappa shape index (κ2) is 6.95. The smallest absolute Gasteiger partial charge is 0.264 e. The third kappa shape index (κ3) is 2.51.